The molecule has 0 aromatic heterocycles. The van der Waals surface area contributed by atoms with Gasteiger partial charge in [-0.3, -0.25) is 0 Å². The second-order valence-corrected chi connectivity index (χ2v) is 4.90. The van der Waals surface area contributed by atoms with Gasteiger partial charge in [-0.1, -0.05) is 0 Å². The molecule has 0 saturated carbocycles. The lowest BCUT2D eigenvalue weighted by atomic mass is 9.89. The van der Waals surface area contributed by atoms with E-state index in [1.54, 1.807) is 6.07 Å². The van der Waals surface area contributed by atoms with Gasteiger partial charge < -0.3 is 16.0 Å². The molecule has 1 aromatic rings. The molecule has 2 heterocycles. The zero-order valence-corrected chi connectivity index (χ0v) is 9.90. The number of likely N-dealkylation sites (N-methyl/N-ethyl adjacent to an activating group) is 1. The van der Waals surface area contributed by atoms with E-state index in [4.69, 9.17) is 5.73 Å². The minimum absolute atomic E-state index is 0.472. The number of rotatable bonds is 0. The molecule has 2 aliphatic rings. The molecular weight excluding hydrogens is 212 g/mol. The maximum Gasteiger partial charge on any atom is 0.101 e. The van der Waals surface area contributed by atoms with Gasteiger partial charge in [0, 0.05) is 31.2 Å². The highest BCUT2D eigenvalue weighted by molar-refractivity contribution is 5.73. The number of fused-ring (bicyclic) bond motifs is 3. The monoisotopic (exact) mass is 228 g/mol. The van der Waals surface area contributed by atoms with Gasteiger partial charge in [-0.15, -0.1) is 0 Å². The second-order valence-electron chi connectivity index (χ2n) is 4.90. The fourth-order valence-corrected chi connectivity index (χ4v) is 3.23. The summed E-state index contributed by atoms with van der Waals surface area (Å²) < 4.78 is 0. The molecule has 0 spiro atoms. The van der Waals surface area contributed by atoms with E-state index in [0.29, 0.717) is 23.2 Å². The average molecular weight is 228 g/mol. The summed E-state index contributed by atoms with van der Waals surface area (Å²) in [6.45, 7) is 2.03. The normalized spacial score (nSPS) is 26.2. The Balaban J connectivity index is 2.17. The van der Waals surface area contributed by atoms with Crippen molar-refractivity contribution in [2.75, 3.05) is 30.8 Å². The van der Waals surface area contributed by atoms with Crippen molar-refractivity contribution in [3.8, 4) is 6.07 Å². The van der Waals surface area contributed by atoms with Gasteiger partial charge in [0.05, 0.1) is 11.3 Å². The van der Waals surface area contributed by atoms with Crippen molar-refractivity contribution >= 4 is 11.4 Å². The topological polar surface area (TPSA) is 65.1 Å². The van der Waals surface area contributed by atoms with E-state index in [1.807, 2.05) is 6.07 Å². The average Bonchev–Trinajstić information content (AvgIpc) is 2.63. The number of benzene rings is 1. The highest BCUT2D eigenvalue weighted by atomic mass is 15.2. The van der Waals surface area contributed by atoms with Gasteiger partial charge in [0.25, 0.3) is 0 Å². The number of nitrogens with zero attached hydrogens (tertiary/aromatic N) is 2. The Kier molecular flexibility index (Phi) is 2.23. The van der Waals surface area contributed by atoms with Crippen LogP contribution in [-0.2, 0) is 0 Å². The van der Waals surface area contributed by atoms with E-state index < -0.39 is 0 Å². The minimum Gasteiger partial charge on any atom is -0.399 e. The molecule has 2 atom stereocenters. The first kappa shape index (κ1) is 10.4. The predicted molar refractivity (Wildman–Crippen MR) is 68.0 cm³/mol. The smallest absolute Gasteiger partial charge is 0.101 e. The van der Waals surface area contributed by atoms with Gasteiger partial charge in [-0.25, -0.2) is 0 Å². The molecule has 1 aromatic carbocycles. The third-order valence-electron chi connectivity index (χ3n) is 3.98. The summed E-state index contributed by atoms with van der Waals surface area (Å²) in [4.78, 5) is 2.26. The Hall–Kier alpha value is -1.73. The highest BCUT2D eigenvalue weighted by Gasteiger charge is 2.39. The molecular formula is C13H16N4. The third-order valence-corrected chi connectivity index (χ3v) is 3.98. The molecule has 1 saturated heterocycles. The van der Waals surface area contributed by atoms with Crippen molar-refractivity contribution in [1.82, 2.24) is 5.32 Å². The lowest BCUT2D eigenvalue weighted by molar-refractivity contribution is 0.413. The summed E-state index contributed by atoms with van der Waals surface area (Å²) >= 11 is 0. The lowest BCUT2D eigenvalue weighted by Gasteiger charge is -2.31. The van der Waals surface area contributed by atoms with Crippen LogP contribution in [0.5, 0.6) is 0 Å². The van der Waals surface area contributed by atoms with Crippen LogP contribution in [0.3, 0.4) is 0 Å². The second kappa shape index (κ2) is 3.64. The maximum absolute atomic E-state index is 9.23. The molecule has 0 aliphatic carbocycles. The summed E-state index contributed by atoms with van der Waals surface area (Å²) in [5.74, 6) is 0.472. The van der Waals surface area contributed by atoms with Crippen molar-refractivity contribution in [2.45, 2.75) is 18.4 Å². The number of nitriles is 1. The van der Waals surface area contributed by atoms with Gasteiger partial charge in [0.1, 0.15) is 6.07 Å². The van der Waals surface area contributed by atoms with E-state index >= 15 is 0 Å². The zero-order chi connectivity index (χ0) is 12.0. The Bertz CT molecular complexity index is 503. The van der Waals surface area contributed by atoms with Crippen molar-refractivity contribution < 1.29 is 0 Å². The molecule has 2 aliphatic heterocycles. The van der Waals surface area contributed by atoms with Crippen LogP contribution in [0.25, 0.3) is 0 Å². The first-order valence-corrected chi connectivity index (χ1v) is 5.99. The third kappa shape index (κ3) is 1.39. The molecule has 3 rings (SSSR count). The highest BCUT2D eigenvalue weighted by Crippen LogP contribution is 2.44. The quantitative estimate of drug-likeness (QED) is 0.651. The number of piperidine rings is 1. The van der Waals surface area contributed by atoms with Gasteiger partial charge in [-0.05, 0) is 30.7 Å². The zero-order valence-electron chi connectivity index (χ0n) is 9.90. The Morgan fingerprint density at radius 2 is 2.35 bits per heavy atom. The summed E-state index contributed by atoms with van der Waals surface area (Å²) in [6, 6.07) is 6.59. The summed E-state index contributed by atoms with van der Waals surface area (Å²) in [5.41, 5.74) is 9.61. The SMILES string of the molecule is CN1c2c(C#N)cc(N)cc2[C@H]2CNCC[C@H]21. The van der Waals surface area contributed by atoms with E-state index in [1.165, 1.54) is 5.56 Å². The number of nitrogens with two attached hydrogens (primary N) is 1. The molecule has 3 N–H and O–H groups in total. The fourth-order valence-electron chi connectivity index (χ4n) is 3.23. The largest absolute Gasteiger partial charge is 0.399 e. The van der Waals surface area contributed by atoms with Crippen LogP contribution in [0.1, 0.15) is 23.5 Å². The Morgan fingerprint density at radius 1 is 1.53 bits per heavy atom. The van der Waals surface area contributed by atoms with Crippen LogP contribution in [0.2, 0.25) is 0 Å². The minimum atomic E-state index is 0.472. The molecule has 0 bridgehead atoms. The molecule has 0 unspecified atom stereocenters. The molecule has 1 fully saturated rings. The van der Waals surface area contributed by atoms with E-state index in [0.717, 1.165) is 25.2 Å². The van der Waals surface area contributed by atoms with Crippen molar-refractivity contribution in [3.05, 3.63) is 23.3 Å². The molecule has 0 amide bonds. The molecule has 17 heavy (non-hydrogen) atoms. The molecule has 4 heteroatoms. The van der Waals surface area contributed by atoms with Gasteiger partial charge >= 0.3 is 0 Å². The molecule has 0 radical (unpaired) electrons. The number of nitrogens with one attached hydrogen (secondary N) is 1. The molecule has 88 valence electrons. The molecule has 4 nitrogen and oxygen atoms in total. The first-order chi connectivity index (χ1) is 8.22. The van der Waals surface area contributed by atoms with E-state index in [-0.39, 0.29) is 0 Å². The number of hydrogen-bond acceptors (Lipinski definition) is 4. The number of nitrogen functional groups attached to an aromatic ring is 1. The van der Waals surface area contributed by atoms with Crippen LogP contribution >= 0.6 is 0 Å². The van der Waals surface area contributed by atoms with Crippen molar-refractivity contribution in [3.63, 3.8) is 0 Å². The van der Waals surface area contributed by atoms with Gasteiger partial charge in [-0.2, -0.15) is 5.26 Å². The maximum atomic E-state index is 9.23. The standard InChI is InChI=1S/C13H16N4/c1-17-12-2-3-16-7-11(12)10-5-9(15)4-8(6-14)13(10)17/h4-5,11-12,16H,2-3,7,15H2,1H3/t11-,12-/m1/s1. The summed E-state index contributed by atoms with van der Waals surface area (Å²) in [5, 5.41) is 12.7. The van der Waals surface area contributed by atoms with Crippen LogP contribution in [0.15, 0.2) is 12.1 Å². The number of anilines is 2. The summed E-state index contributed by atoms with van der Waals surface area (Å²) in [6.07, 6.45) is 1.13. The van der Waals surface area contributed by atoms with Crippen LogP contribution in [-0.4, -0.2) is 26.2 Å². The van der Waals surface area contributed by atoms with E-state index in [2.05, 4.69) is 23.3 Å². The predicted octanol–water partition coefficient (Wildman–Crippen LogP) is 1.04. The number of hydrogen-bond donors (Lipinski definition) is 2. The van der Waals surface area contributed by atoms with Crippen LogP contribution in [0.4, 0.5) is 11.4 Å². The van der Waals surface area contributed by atoms with Crippen molar-refractivity contribution in [1.29, 1.82) is 5.26 Å². The Labute approximate surface area is 101 Å². The summed E-state index contributed by atoms with van der Waals surface area (Å²) in [7, 11) is 2.09. The van der Waals surface area contributed by atoms with E-state index in [9.17, 15) is 5.26 Å². The van der Waals surface area contributed by atoms with Gasteiger partial charge in [0.2, 0.25) is 0 Å². The van der Waals surface area contributed by atoms with Crippen LogP contribution in [0, 0.1) is 11.3 Å². The fraction of sp³-hybridized carbons (Fsp3) is 0.462. The van der Waals surface area contributed by atoms with Crippen LogP contribution < -0.4 is 16.0 Å². The lowest BCUT2D eigenvalue weighted by Crippen LogP contribution is -2.42. The van der Waals surface area contributed by atoms with Crippen molar-refractivity contribution in [2.24, 2.45) is 0 Å². The first-order valence-electron chi connectivity index (χ1n) is 5.99. The van der Waals surface area contributed by atoms with Gasteiger partial charge in [0.15, 0.2) is 0 Å². The Morgan fingerprint density at radius 3 is 3.12 bits per heavy atom.